The first-order valence-corrected chi connectivity index (χ1v) is 24.6. The zero-order chi connectivity index (χ0) is 39.2. The monoisotopic (exact) mass is 766 g/mol. The fraction of sp³-hybridized carbons (Fsp3) is 0.245. The number of nitrogens with zero attached hydrogens (tertiary/aromatic N) is 4. The number of nitriles is 1. The van der Waals surface area contributed by atoms with Gasteiger partial charge in [0.15, 0.2) is 17.5 Å². The van der Waals surface area contributed by atoms with E-state index in [1.165, 1.54) is 76.2 Å². The second-order valence-electron chi connectivity index (χ2n) is 18.4. The van der Waals surface area contributed by atoms with Crippen LogP contribution < -0.4 is 5.19 Å². The molecule has 0 saturated heterocycles. The number of rotatable bonds is 6. The molecule has 1 heterocycles. The van der Waals surface area contributed by atoms with Gasteiger partial charge in [-0.1, -0.05) is 135 Å². The summed E-state index contributed by atoms with van der Waals surface area (Å²) in [5.74, 6) is 5.11. The first kappa shape index (κ1) is 35.2. The molecular formula is C53H46N4Si. The van der Waals surface area contributed by atoms with Gasteiger partial charge >= 0.3 is 0 Å². The summed E-state index contributed by atoms with van der Waals surface area (Å²) in [7, 11) is -1.71. The SMILES string of the molecule is C[Si](C)(C)c1ccccc1-c1nc(-c2ccccc2)nc(-c2cccc(-c3ccc4c(c3)C3(c5cccc(-c6cccc(C#N)c6)c5-4)C4CC5CC(C4)CC3C5)c2)n1. The first-order chi connectivity index (χ1) is 28.3. The summed E-state index contributed by atoms with van der Waals surface area (Å²) >= 11 is 0. The van der Waals surface area contributed by atoms with Crippen LogP contribution in [-0.4, -0.2) is 23.0 Å². The van der Waals surface area contributed by atoms with Gasteiger partial charge in [0.2, 0.25) is 0 Å². The van der Waals surface area contributed by atoms with E-state index in [-0.39, 0.29) is 5.41 Å². The van der Waals surface area contributed by atoms with Gasteiger partial charge in [-0.3, -0.25) is 0 Å². The van der Waals surface area contributed by atoms with Crippen LogP contribution in [0, 0.1) is 35.0 Å². The minimum absolute atomic E-state index is 0.00596. The molecule has 0 aliphatic heterocycles. The van der Waals surface area contributed by atoms with Gasteiger partial charge in [0.1, 0.15) is 0 Å². The fourth-order valence-electron chi connectivity index (χ4n) is 11.9. The smallest absolute Gasteiger partial charge is 0.164 e. The van der Waals surface area contributed by atoms with Crippen LogP contribution >= 0.6 is 0 Å². The lowest BCUT2D eigenvalue weighted by Gasteiger charge is -2.61. The van der Waals surface area contributed by atoms with Gasteiger partial charge in [-0.2, -0.15) is 5.26 Å². The second-order valence-corrected chi connectivity index (χ2v) is 23.4. The molecular weight excluding hydrogens is 721 g/mol. The number of fused-ring (bicyclic) bond motifs is 3. The quantitative estimate of drug-likeness (QED) is 0.158. The van der Waals surface area contributed by atoms with E-state index in [4.69, 9.17) is 15.0 Å². The lowest BCUT2D eigenvalue weighted by Crippen LogP contribution is -2.55. The predicted octanol–water partition coefficient (Wildman–Crippen LogP) is 12.3. The Labute approximate surface area is 342 Å². The summed E-state index contributed by atoms with van der Waals surface area (Å²) in [6, 6.07) is 52.7. The van der Waals surface area contributed by atoms with Crippen molar-refractivity contribution in [2.24, 2.45) is 23.7 Å². The van der Waals surface area contributed by atoms with E-state index in [9.17, 15) is 5.26 Å². The molecule has 0 N–H and O–H groups in total. The summed E-state index contributed by atoms with van der Waals surface area (Å²) in [6.45, 7) is 7.14. The van der Waals surface area contributed by atoms with Crippen molar-refractivity contribution in [2.45, 2.75) is 57.2 Å². The normalized spacial score (nSPS) is 22.4. The average Bonchev–Trinajstić information content (AvgIpc) is 3.55. The molecule has 0 unspecified atom stereocenters. The number of hydrogen-bond acceptors (Lipinski definition) is 4. The second kappa shape index (κ2) is 13.3. The maximum absolute atomic E-state index is 9.84. The van der Waals surface area contributed by atoms with E-state index in [0.29, 0.717) is 29.0 Å². The maximum atomic E-state index is 9.84. The van der Waals surface area contributed by atoms with Gasteiger partial charge in [-0.25, -0.2) is 15.0 Å². The summed E-state index contributed by atoms with van der Waals surface area (Å²) in [4.78, 5) is 15.5. The molecule has 5 aliphatic rings. The Balaban J connectivity index is 1.07. The maximum Gasteiger partial charge on any atom is 0.164 e. The van der Waals surface area contributed by atoms with Crippen LogP contribution in [0.4, 0.5) is 0 Å². The lowest BCUT2D eigenvalue weighted by molar-refractivity contribution is -0.0399. The van der Waals surface area contributed by atoms with Crippen LogP contribution in [0.15, 0.2) is 140 Å². The van der Waals surface area contributed by atoms with E-state index in [1.54, 1.807) is 0 Å². The molecule has 4 fully saturated rings. The standard InChI is InChI=1S/C53H46N4Si/c1-58(2,3)48-21-8-7-18-45(48)52-56-50(36-13-5-4-6-14-36)55-51(57-52)40-17-10-15-37(30-40)38-22-23-44-47(31-38)53(41-26-34-24-35(28-41)29-42(53)27-34)46-20-11-19-43(49(44)46)39-16-9-12-33(25-39)32-54/h4-23,25,30-31,34-35,41-42H,24,26-29H2,1-3H3. The Kier molecular flexibility index (Phi) is 8.07. The third-order valence-corrected chi connectivity index (χ3v) is 16.1. The van der Waals surface area contributed by atoms with Crippen molar-refractivity contribution in [3.8, 4) is 73.6 Å². The zero-order valence-corrected chi connectivity index (χ0v) is 34.4. The lowest BCUT2D eigenvalue weighted by atomic mass is 9.43. The summed E-state index contributed by atoms with van der Waals surface area (Å²) < 4.78 is 0. The molecule has 5 aliphatic carbocycles. The van der Waals surface area contributed by atoms with Crippen molar-refractivity contribution < 1.29 is 0 Å². The van der Waals surface area contributed by atoms with Crippen molar-refractivity contribution >= 4 is 13.3 Å². The van der Waals surface area contributed by atoms with Crippen molar-refractivity contribution in [3.05, 3.63) is 156 Å². The molecule has 12 rings (SSSR count). The molecule has 0 amide bonds. The van der Waals surface area contributed by atoms with Crippen LogP contribution in [-0.2, 0) is 5.41 Å². The number of benzene rings is 6. The molecule has 0 atom stereocenters. The van der Waals surface area contributed by atoms with Crippen molar-refractivity contribution in [1.82, 2.24) is 15.0 Å². The minimum atomic E-state index is -1.71. The highest BCUT2D eigenvalue weighted by molar-refractivity contribution is 6.89. The molecule has 58 heavy (non-hydrogen) atoms. The van der Waals surface area contributed by atoms with Crippen molar-refractivity contribution in [1.29, 1.82) is 5.26 Å². The summed E-state index contributed by atoms with van der Waals surface area (Å²) in [6.07, 6.45) is 6.72. The van der Waals surface area contributed by atoms with Crippen molar-refractivity contribution in [2.75, 3.05) is 0 Å². The Morgan fingerprint density at radius 2 is 1.10 bits per heavy atom. The van der Waals surface area contributed by atoms with Crippen LogP contribution in [0.2, 0.25) is 19.6 Å². The largest absolute Gasteiger partial charge is 0.208 e. The molecule has 282 valence electrons. The third-order valence-electron chi connectivity index (χ3n) is 14.1. The Morgan fingerprint density at radius 1 is 0.500 bits per heavy atom. The van der Waals surface area contributed by atoms with Gasteiger partial charge < -0.3 is 0 Å². The highest BCUT2D eigenvalue weighted by atomic mass is 28.3. The molecule has 4 saturated carbocycles. The Morgan fingerprint density at radius 3 is 1.86 bits per heavy atom. The summed E-state index contributed by atoms with van der Waals surface area (Å²) in [5, 5.41) is 11.2. The van der Waals surface area contributed by atoms with Crippen LogP contribution in [0.5, 0.6) is 0 Å². The molecule has 5 heteroatoms. The average molecular weight is 767 g/mol. The van der Waals surface area contributed by atoms with Crippen LogP contribution in [0.3, 0.4) is 0 Å². The number of aromatic nitrogens is 3. The molecule has 4 bridgehead atoms. The highest BCUT2D eigenvalue weighted by Gasteiger charge is 2.61. The van der Waals surface area contributed by atoms with Gasteiger partial charge in [0.25, 0.3) is 0 Å². The minimum Gasteiger partial charge on any atom is -0.208 e. The van der Waals surface area contributed by atoms with Gasteiger partial charge in [-0.05, 0) is 130 Å². The molecule has 4 nitrogen and oxygen atoms in total. The Bertz CT molecular complexity index is 2780. The van der Waals surface area contributed by atoms with Crippen LogP contribution in [0.1, 0.15) is 48.8 Å². The molecule has 7 aromatic rings. The predicted molar refractivity (Wildman–Crippen MR) is 238 cm³/mol. The molecule has 6 aromatic carbocycles. The molecule has 0 radical (unpaired) electrons. The fourth-order valence-corrected chi connectivity index (χ4v) is 13.5. The van der Waals surface area contributed by atoms with Gasteiger partial charge in [0, 0.05) is 22.1 Å². The first-order valence-electron chi connectivity index (χ1n) is 21.1. The van der Waals surface area contributed by atoms with E-state index < -0.39 is 8.07 Å². The third kappa shape index (κ3) is 5.49. The Hall–Kier alpha value is -5.96. The van der Waals surface area contributed by atoms with Gasteiger partial charge in [0.05, 0.1) is 19.7 Å². The van der Waals surface area contributed by atoms with Crippen molar-refractivity contribution in [3.63, 3.8) is 0 Å². The number of hydrogen-bond donors (Lipinski definition) is 0. The highest BCUT2D eigenvalue weighted by Crippen LogP contribution is 2.70. The molecule has 1 spiro atoms. The van der Waals surface area contributed by atoms with E-state index in [2.05, 4.69) is 135 Å². The van der Waals surface area contributed by atoms with E-state index in [0.717, 1.165) is 39.9 Å². The van der Waals surface area contributed by atoms with E-state index >= 15 is 0 Å². The van der Waals surface area contributed by atoms with E-state index in [1.807, 2.05) is 30.3 Å². The van der Waals surface area contributed by atoms with Gasteiger partial charge in [-0.15, -0.1) is 0 Å². The molecule has 1 aromatic heterocycles. The van der Waals surface area contributed by atoms with Crippen LogP contribution in [0.25, 0.3) is 67.5 Å². The zero-order valence-electron chi connectivity index (χ0n) is 33.4. The summed E-state index contributed by atoms with van der Waals surface area (Å²) in [5.41, 5.74) is 14.3. The topological polar surface area (TPSA) is 62.5 Å².